The van der Waals surface area contributed by atoms with E-state index in [1.807, 2.05) is 12.1 Å². The van der Waals surface area contributed by atoms with Gasteiger partial charge in [0.1, 0.15) is 6.33 Å². The third-order valence-corrected chi connectivity index (χ3v) is 5.31. The van der Waals surface area contributed by atoms with Crippen molar-refractivity contribution < 1.29 is 0 Å². The Kier molecular flexibility index (Phi) is 6.27. The average Bonchev–Trinajstić information content (AvgIpc) is 3.32. The third kappa shape index (κ3) is 4.79. The minimum Gasteiger partial charge on any atom is -0.368 e. The summed E-state index contributed by atoms with van der Waals surface area (Å²) in [6.45, 7) is 9.65. The van der Waals surface area contributed by atoms with Crippen LogP contribution < -0.4 is 10.2 Å². The van der Waals surface area contributed by atoms with E-state index in [9.17, 15) is 0 Å². The highest BCUT2D eigenvalue weighted by atomic mass is 15.3. The van der Waals surface area contributed by atoms with E-state index in [2.05, 4.69) is 80.5 Å². The topological polar surface area (TPSA) is 72.4 Å². The van der Waals surface area contributed by atoms with Crippen molar-refractivity contribution in [2.24, 2.45) is 4.99 Å². The molecule has 1 aliphatic heterocycles. The van der Waals surface area contributed by atoms with Crippen LogP contribution >= 0.6 is 0 Å². The lowest BCUT2D eigenvalue weighted by Gasteiger charge is -2.37. The first kappa shape index (κ1) is 19.9. The fourth-order valence-corrected chi connectivity index (χ4v) is 3.75. The number of hydrogen-bond donors (Lipinski definition) is 2. The lowest BCUT2D eigenvalue weighted by atomic mass is 10.1. The molecule has 1 aliphatic rings. The van der Waals surface area contributed by atoms with Gasteiger partial charge in [0.2, 0.25) is 0 Å². The number of aromatic amines is 1. The van der Waals surface area contributed by atoms with Crippen LogP contribution in [0.4, 0.5) is 5.69 Å². The molecule has 2 aromatic carbocycles. The molecule has 30 heavy (non-hydrogen) atoms. The van der Waals surface area contributed by atoms with Gasteiger partial charge in [-0.1, -0.05) is 30.3 Å². The Morgan fingerprint density at radius 3 is 2.67 bits per heavy atom. The Morgan fingerprint density at radius 1 is 1.10 bits per heavy atom. The summed E-state index contributed by atoms with van der Waals surface area (Å²) >= 11 is 0. The molecule has 0 saturated carbocycles. The number of piperazine rings is 1. The van der Waals surface area contributed by atoms with E-state index < -0.39 is 0 Å². The summed E-state index contributed by atoms with van der Waals surface area (Å²) < 4.78 is 0. The van der Waals surface area contributed by atoms with Crippen molar-refractivity contribution in [3.8, 4) is 11.4 Å². The minimum atomic E-state index is 0.627. The zero-order valence-corrected chi connectivity index (χ0v) is 17.7. The van der Waals surface area contributed by atoms with Gasteiger partial charge in [0.05, 0.1) is 6.54 Å². The molecule has 0 bridgehead atoms. The molecule has 3 aromatic rings. The molecule has 7 nitrogen and oxygen atoms in total. The van der Waals surface area contributed by atoms with Crippen molar-refractivity contribution in [1.29, 1.82) is 0 Å². The van der Waals surface area contributed by atoms with E-state index in [-0.39, 0.29) is 0 Å². The number of hydrogen-bond acceptors (Lipinski definition) is 4. The number of H-pyrrole nitrogens is 1. The molecular weight excluding hydrogens is 374 g/mol. The van der Waals surface area contributed by atoms with Crippen molar-refractivity contribution in [1.82, 2.24) is 25.4 Å². The van der Waals surface area contributed by atoms with Crippen molar-refractivity contribution >= 4 is 11.6 Å². The number of nitrogens with zero attached hydrogens (tertiary/aromatic N) is 5. The Morgan fingerprint density at radius 2 is 1.93 bits per heavy atom. The zero-order chi connectivity index (χ0) is 20.8. The summed E-state index contributed by atoms with van der Waals surface area (Å²) in [5.74, 6) is 1.76. The molecule has 0 radical (unpaired) electrons. The van der Waals surface area contributed by atoms with Crippen LogP contribution in [0.3, 0.4) is 0 Å². The van der Waals surface area contributed by atoms with Crippen LogP contribution in [0.25, 0.3) is 11.4 Å². The Hall–Kier alpha value is -3.35. The van der Waals surface area contributed by atoms with Crippen LogP contribution in [0, 0.1) is 6.92 Å². The molecule has 0 aliphatic carbocycles. The van der Waals surface area contributed by atoms with Gasteiger partial charge in [0.15, 0.2) is 11.8 Å². The van der Waals surface area contributed by atoms with E-state index in [0.29, 0.717) is 6.54 Å². The fourth-order valence-electron chi connectivity index (χ4n) is 3.75. The van der Waals surface area contributed by atoms with Crippen LogP contribution in [0.2, 0.25) is 0 Å². The lowest BCUT2D eigenvalue weighted by molar-refractivity contribution is 0.372. The summed E-state index contributed by atoms with van der Waals surface area (Å²) in [5, 5.41) is 10.3. The maximum Gasteiger partial charge on any atom is 0.194 e. The summed E-state index contributed by atoms with van der Waals surface area (Å²) in [6.07, 6.45) is 1.53. The fraction of sp³-hybridized carbons (Fsp3) is 0.348. The van der Waals surface area contributed by atoms with E-state index >= 15 is 0 Å². The van der Waals surface area contributed by atoms with Crippen LogP contribution in [-0.4, -0.2) is 58.8 Å². The molecule has 0 unspecified atom stereocenters. The van der Waals surface area contributed by atoms with Crippen molar-refractivity contribution in [2.75, 3.05) is 37.6 Å². The molecule has 0 amide bonds. The number of rotatable bonds is 5. The van der Waals surface area contributed by atoms with Crippen molar-refractivity contribution in [2.45, 2.75) is 20.4 Å². The summed E-state index contributed by atoms with van der Waals surface area (Å²) in [4.78, 5) is 14.0. The quantitative estimate of drug-likeness (QED) is 0.506. The molecule has 0 spiro atoms. The second kappa shape index (κ2) is 9.43. The highest BCUT2D eigenvalue weighted by molar-refractivity contribution is 5.80. The third-order valence-electron chi connectivity index (χ3n) is 5.31. The van der Waals surface area contributed by atoms with Crippen molar-refractivity contribution in [3.05, 3.63) is 66.0 Å². The standard InChI is InChI=1S/C23H29N7/c1-3-24-23(25-16-19-7-5-8-20(15-19)22-26-17-27-28-22)30-12-10-29(11-13-30)21-9-4-6-18(2)14-21/h4-9,14-15,17H,3,10-13,16H2,1-2H3,(H,24,25)(H,26,27,28). The highest BCUT2D eigenvalue weighted by Gasteiger charge is 2.19. The molecule has 1 fully saturated rings. The number of nitrogens with one attached hydrogen (secondary N) is 2. The van der Waals surface area contributed by atoms with Gasteiger partial charge in [-0.3, -0.25) is 5.10 Å². The molecule has 1 saturated heterocycles. The molecule has 156 valence electrons. The monoisotopic (exact) mass is 403 g/mol. The minimum absolute atomic E-state index is 0.627. The van der Waals surface area contributed by atoms with E-state index in [1.165, 1.54) is 17.6 Å². The first-order valence-corrected chi connectivity index (χ1v) is 10.5. The van der Waals surface area contributed by atoms with Gasteiger partial charge in [-0.25, -0.2) is 9.98 Å². The number of guanidine groups is 1. The molecule has 2 N–H and O–H groups in total. The number of anilines is 1. The van der Waals surface area contributed by atoms with E-state index in [4.69, 9.17) is 4.99 Å². The molecule has 4 rings (SSSR count). The predicted octanol–water partition coefficient (Wildman–Crippen LogP) is 3.07. The number of aryl methyl sites for hydroxylation is 1. The average molecular weight is 404 g/mol. The maximum atomic E-state index is 4.91. The van der Waals surface area contributed by atoms with Gasteiger partial charge >= 0.3 is 0 Å². The van der Waals surface area contributed by atoms with Crippen LogP contribution in [0.5, 0.6) is 0 Å². The first-order valence-electron chi connectivity index (χ1n) is 10.5. The summed E-state index contributed by atoms with van der Waals surface area (Å²) in [7, 11) is 0. The van der Waals surface area contributed by atoms with Gasteiger partial charge in [-0.2, -0.15) is 5.10 Å². The molecule has 0 atom stereocenters. The first-order chi connectivity index (χ1) is 14.7. The number of benzene rings is 2. The second-order valence-electron chi connectivity index (χ2n) is 7.52. The van der Waals surface area contributed by atoms with E-state index in [1.54, 1.807) is 0 Å². The number of aliphatic imine (C=N–C) groups is 1. The van der Waals surface area contributed by atoms with Gasteiger partial charge in [0, 0.05) is 44.0 Å². The van der Waals surface area contributed by atoms with Crippen molar-refractivity contribution in [3.63, 3.8) is 0 Å². The van der Waals surface area contributed by atoms with Crippen LogP contribution in [0.1, 0.15) is 18.1 Å². The predicted molar refractivity (Wildman–Crippen MR) is 122 cm³/mol. The number of aromatic nitrogens is 3. The molecular formula is C23H29N7. The van der Waals surface area contributed by atoms with Gasteiger partial charge in [-0.15, -0.1) is 0 Å². The smallest absolute Gasteiger partial charge is 0.194 e. The Labute approximate surface area is 177 Å². The summed E-state index contributed by atoms with van der Waals surface area (Å²) in [5.41, 5.74) is 4.79. The Balaban J connectivity index is 1.42. The normalized spacial score (nSPS) is 14.8. The Bertz CT molecular complexity index is 973. The lowest BCUT2D eigenvalue weighted by Crippen LogP contribution is -2.52. The van der Waals surface area contributed by atoms with Gasteiger partial charge in [-0.05, 0) is 43.2 Å². The second-order valence-corrected chi connectivity index (χ2v) is 7.52. The van der Waals surface area contributed by atoms with Gasteiger partial charge < -0.3 is 15.1 Å². The van der Waals surface area contributed by atoms with Crippen LogP contribution in [0.15, 0.2) is 59.9 Å². The SMILES string of the molecule is CCNC(=NCc1cccc(-c2ncn[nH]2)c1)N1CCN(c2cccc(C)c2)CC1. The molecule has 1 aromatic heterocycles. The molecule has 7 heteroatoms. The van der Waals surface area contributed by atoms with Crippen LogP contribution in [-0.2, 0) is 6.54 Å². The molecule has 2 heterocycles. The maximum absolute atomic E-state index is 4.91. The highest BCUT2D eigenvalue weighted by Crippen LogP contribution is 2.19. The summed E-state index contributed by atoms with van der Waals surface area (Å²) in [6, 6.07) is 17.0. The van der Waals surface area contributed by atoms with Gasteiger partial charge in [0.25, 0.3) is 0 Å². The zero-order valence-electron chi connectivity index (χ0n) is 17.7. The van der Waals surface area contributed by atoms with E-state index in [0.717, 1.165) is 55.6 Å². The largest absolute Gasteiger partial charge is 0.368 e.